The molecule has 0 N–H and O–H groups in total. The van der Waals surface area contributed by atoms with Gasteiger partial charge in [-0.25, -0.2) is 0 Å². The molecule has 0 amide bonds. The number of hydrogen-bond donors (Lipinski definition) is 0. The predicted octanol–water partition coefficient (Wildman–Crippen LogP) is 2.66. The summed E-state index contributed by atoms with van der Waals surface area (Å²) in [4.78, 5) is 0. The van der Waals surface area contributed by atoms with Crippen LogP contribution in [0.25, 0.3) is 0 Å². The first-order valence-corrected chi connectivity index (χ1v) is 11.6. The van der Waals surface area contributed by atoms with Gasteiger partial charge in [0.2, 0.25) is 0 Å². The number of ether oxygens (including phenoxy) is 2. The third-order valence-electron chi connectivity index (χ3n) is 4.67. The van der Waals surface area contributed by atoms with Crippen LogP contribution in [0.5, 0.6) is 0 Å². The van der Waals surface area contributed by atoms with Crippen LogP contribution in [0.2, 0.25) is 18.1 Å². The van der Waals surface area contributed by atoms with Crippen molar-refractivity contribution in [2.24, 2.45) is 0 Å². The molecule has 0 spiro atoms. The molecular weight excluding hydrogens is 292 g/mol. The van der Waals surface area contributed by atoms with E-state index in [0.29, 0.717) is 12.4 Å². The summed E-state index contributed by atoms with van der Waals surface area (Å²) in [5.41, 5.74) is 0. The summed E-state index contributed by atoms with van der Waals surface area (Å²) in [6.45, 7) is 15.4. The summed E-state index contributed by atoms with van der Waals surface area (Å²) in [6, 6.07) is 0. The maximum Gasteiger partial charge on any atom is 0.192 e. The van der Waals surface area contributed by atoms with E-state index in [1.54, 1.807) is 0 Å². The van der Waals surface area contributed by atoms with Crippen molar-refractivity contribution in [1.29, 1.82) is 0 Å². The second kappa shape index (κ2) is 5.16. The van der Waals surface area contributed by atoms with Crippen molar-refractivity contribution >= 4 is 19.1 Å². The Morgan fingerprint density at radius 3 is 2.45 bits per heavy atom. The molecule has 4 atom stereocenters. The SMILES string of the molecule is CC1(C)O[C@H]2[C@H](C[S@](=O)[C@@H]2CO[Si](C)(C)C(C)(C)C)O1. The van der Waals surface area contributed by atoms with Crippen molar-refractivity contribution in [3.63, 3.8) is 0 Å². The lowest BCUT2D eigenvalue weighted by atomic mass is 10.2. The van der Waals surface area contributed by atoms with E-state index in [0.717, 1.165) is 0 Å². The zero-order valence-corrected chi connectivity index (χ0v) is 15.5. The maximum absolute atomic E-state index is 12.3. The van der Waals surface area contributed by atoms with Gasteiger partial charge < -0.3 is 13.9 Å². The van der Waals surface area contributed by atoms with Crippen LogP contribution in [0, 0.1) is 0 Å². The van der Waals surface area contributed by atoms with Crippen molar-refractivity contribution in [3.8, 4) is 0 Å². The van der Waals surface area contributed by atoms with Crippen LogP contribution in [0.15, 0.2) is 0 Å². The highest BCUT2D eigenvalue weighted by atomic mass is 32.2. The molecular formula is C14H28O4SSi. The van der Waals surface area contributed by atoms with Crippen LogP contribution in [0.1, 0.15) is 34.6 Å². The third-order valence-corrected chi connectivity index (χ3v) is 10.9. The van der Waals surface area contributed by atoms with E-state index in [4.69, 9.17) is 13.9 Å². The number of fused-ring (bicyclic) bond motifs is 1. The summed E-state index contributed by atoms with van der Waals surface area (Å²) >= 11 is 0. The van der Waals surface area contributed by atoms with Gasteiger partial charge in [-0.1, -0.05) is 20.8 Å². The van der Waals surface area contributed by atoms with Gasteiger partial charge in [-0.2, -0.15) is 0 Å². The normalized spacial score (nSPS) is 37.1. The van der Waals surface area contributed by atoms with Crippen LogP contribution in [-0.4, -0.2) is 48.1 Å². The Bertz CT molecular complexity index is 402. The van der Waals surface area contributed by atoms with E-state index in [1.807, 2.05) is 13.8 Å². The van der Waals surface area contributed by atoms with Crippen molar-refractivity contribution in [3.05, 3.63) is 0 Å². The van der Waals surface area contributed by atoms with Crippen molar-refractivity contribution < 1.29 is 18.1 Å². The summed E-state index contributed by atoms with van der Waals surface area (Å²) in [5.74, 6) is 0.00873. The minimum atomic E-state index is -1.81. The fraction of sp³-hybridized carbons (Fsp3) is 1.00. The molecule has 0 aromatic rings. The highest BCUT2D eigenvalue weighted by molar-refractivity contribution is 7.86. The lowest BCUT2D eigenvalue weighted by Gasteiger charge is -2.37. The molecule has 2 rings (SSSR count). The molecule has 2 saturated heterocycles. The maximum atomic E-state index is 12.3. The lowest BCUT2D eigenvalue weighted by Crippen LogP contribution is -2.45. The monoisotopic (exact) mass is 320 g/mol. The van der Waals surface area contributed by atoms with Crippen LogP contribution in [0.3, 0.4) is 0 Å². The molecule has 2 aliphatic heterocycles. The minimum Gasteiger partial charge on any atom is -0.416 e. The molecule has 0 radical (unpaired) electrons. The van der Waals surface area contributed by atoms with E-state index in [2.05, 4.69) is 33.9 Å². The van der Waals surface area contributed by atoms with Gasteiger partial charge in [0.05, 0.1) is 23.7 Å². The van der Waals surface area contributed by atoms with Gasteiger partial charge in [0.15, 0.2) is 14.1 Å². The first-order valence-electron chi connectivity index (χ1n) is 7.30. The molecule has 2 heterocycles. The fourth-order valence-electron chi connectivity index (χ4n) is 2.42. The van der Waals surface area contributed by atoms with Gasteiger partial charge >= 0.3 is 0 Å². The second-order valence-electron chi connectivity index (χ2n) is 7.80. The third kappa shape index (κ3) is 3.19. The predicted molar refractivity (Wildman–Crippen MR) is 83.8 cm³/mol. The van der Waals surface area contributed by atoms with Crippen LogP contribution < -0.4 is 0 Å². The highest BCUT2D eigenvalue weighted by Gasteiger charge is 2.53. The summed E-state index contributed by atoms with van der Waals surface area (Å²) in [5, 5.41) is 0.106. The van der Waals surface area contributed by atoms with Crippen molar-refractivity contribution in [2.75, 3.05) is 12.4 Å². The van der Waals surface area contributed by atoms with Gasteiger partial charge in [0.1, 0.15) is 6.10 Å². The first-order chi connectivity index (χ1) is 8.93. The average Bonchev–Trinajstić information content (AvgIpc) is 2.64. The standard InChI is InChI=1S/C14H28O4SSi/c1-13(2,3)20(6,7)16-8-11-12-10(9-19(11)15)17-14(4,5)18-12/h10-12H,8-9H2,1-7H3/t10-,11+,12-,19-/m0/s1. The quantitative estimate of drug-likeness (QED) is 0.750. The highest BCUT2D eigenvalue weighted by Crippen LogP contribution is 2.39. The van der Waals surface area contributed by atoms with Gasteiger partial charge in [0, 0.05) is 10.8 Å². The van der Waals surface area contributed by atoms with Crippen LogP contribution in [-0.2, 0) is 24.7 Å². The van der Waals surface area contributed by atoms with E-state index >= 15 is 0 Å². The van der Waals surface area contributed by atoms with Gasteiger partial charge in [-0.05, 0) is 32.0 Å². The Kier molecular flexibility index (Phi) is 4.29. The molecule has 2 fully saturated rings. The molecule has 0 unspecified atom stereocenters. The molecule has 0 aromatic heterocycles. The van der Waals surface area contributed by atoms with Gasteiger partial charge in [-0.3, -0.25) is 4.21 Å². The molecule has 2 aliphatic rings. The van der Waals surface area contributed by atoms with Gasteiger partial charge in [0.25, 0.3) is 0 Å². The van der Waals surface area contributed by atoms with E-state index in [9.17, 15) is 4.21 Å². The molecule has 0 aromatic carbocycles. The first kappa shape index (κ1) is 16.6. The molecule has 0 aliphatic carbocycles. The Balaban J connectivity index is 2.01. The Morgan fingerprint density at radius 2 is 1.90 bits per heavy atom. The molecule has 118 valence electrons. The topological polar surface area (TPSA) is 44.8 Å². The van der Waals surface area contributed by atoms with Crippen molar-refractivity contribution in [1.82, 2.24) is 0 Å². The molecule has 4 nitrogen and oxygen atoms in total. The summed E-state index contributed by atoms with van der Waals surface area (Å²) in [6.07, 6.45) is -0.130. The van der Waals surface area contributed by atoms with E-state index in [-0.39, 0.29) is 22.5 Å². The second-order valence-corrected chi connectivity index (χ2v) is 14.3. The van der Waals surface area contributed by atoms with Crippen molar-refractivity contribution in [2.45, 2.75) is 76.0 Å². The Hall–Kier alpha value is 0.247. The number of hydrogen-bond acceptors (Lipinski definition) is 4. The smallest absolute Gasteiger partial charge is 0.192 e. The van der Waals surface area contributed by atoms with E-state index in [1.165, 1.54) is 0 Å². The van der Waals surface area contributed by atoms with Crippen LogP contribution >= 0.6 is 0 Å². The Labute approximate surface area is 126 Å². The number of rotatable bonds is 3. The largest absolute Gasteiger partial charge is 0.416 e. The lowest BCUT2D eigenvalue weighted by molar-refractivity contribution is -0.146. The van der Waals surface area contributed by atoms with E-state index < -0.39 is 24.9 Å². The zero-order chi connectivity index (χ0) is 15.3. The average molecular weight is 321 g/mol. The molecule has 0 saturated carbocycles. The minimum absolute atomic E-state index is 0.0427. The summed E-state index contributed by atoms with van der Waals surface area (Å²) < 4.78 is 30.2. The molecule has 6 heteroatoms. The fourth-order valence-corrected chi connectivity index (χ4v) is 5.15. The zero-order valence-electron chi connectivity index (χ0n) is 13.7. The van der Waals surface area contributed by atoms with Gasteiger partial charge in [-0.15, -0.1) is 0 Å². The Morgan fingerprint density at radius 1 is 1.30 bits per heavy atom. The molecule has 0 bridgehead atoms. The molecule has 20 heavy (non-hydrogen) atoms. The van der Waals surface area contributed by atoms with Crippen LogP contribution in [0.4, 0.5) is 0 Å². The summed E-state index contributed by atoms with van der Waals surface area (Å²) in [7, 11) is -2.73.